The Morgan fingerprint density at radius 2 is 2.25 bits per heavy atom. The first kappa shape index (κ1) is 17.3. The second-order valence-electron chi connectivity index (χ2n) is 5.94. The maximum atomic E-state index is 6.20. The number of thiocarbonyl (C=S) groups is 1. The molecule has 0 amide bonds. The topological polar surface area (TPSA) is 37.6 Å². The van der Waals surface area contributed by atoms with E-state index in [1.54, 1.807) is 6.26 Å². The number of benzene rings is 1. The zero-order valence-electron chi connectivity index (χ0n) is 13.6. The number of rotatable bonds is 5. The van der Waals surface area contributed by atoms with Crippen molar-refractivity contribution >= 4 is 34.6 Å². The van der Waals surface area contributed by atoms with Gasteiger partial charge in [0.2, 0.25) is 0 Å². The van der Waals surface area contributed by atoms with Gasteiger partial charge in [-0.05, 0) is 61.8 Å². The number of nitrogens with one attached hydrogen (secondary N) is 1. The number of hydrogen-bond acceptors (Lipinski definition) is 3. The van der Waals surface area contributed by atoms with Crippen LogP contribution in [0.4, 0.5) is 5.69 Å². The maximum Gasteiger partial charge on any atom is 0.173 e. The number of hydrogen-bond donors (Lipinski definition) is 1. The summed E-state index contributed by atoms with van der Waals surface area (Å²) < 4.78 is 11.2. The lowest BCUT2D eigenvalue weighted by Gasteiger charge is -2.28. The summed E-state index contributed by atoms with van der Waals surface area (Å²) in [5.41, 5.74) is 1.90. The van der Waals surface area contributed by atoms with Crippen molar-refractivity contribution in [3.05, 3.63) is 52.9 Å². The Bertz CT molecular complexity index is 684. The Hall–Kier alpha value is -1.56. The van der Waals surface area contributed by atoms with Crippen LogP contribution in [0.25, 0.3) is 0 Å². The van der Waals surface area contributed by atoms with E-state index in [4.69, 9.17) is 33.0 Å². The Balaban J connectivity index is 1.72. The van der Waals surface area contributed by atoms with Crippen molar-refractivity contribution in [1.82, 2.24) is 4.90 Å². The van der Waals surface area contributed by atoms with E-state index < -0.39 is 0 Å². The summed E-state index contributed by atoms with van der Waals surface area (Å²) in [5.74, 6) is 0.875. The van der Waals surface area contributed by atoms with E-state index in [1.807, 2.05) is 37.3 Å². The van der Waals surface area contributed by atoms with E-state index in [0.29, 0.717) is 11.7 Å². The van der Waals surface area contributed by atoms with Crippen LogP contribution in [0.5, 0.6) is 0 Å². The number of halogens is 1. The van der Waals surface area contributed by atoms with Crippen molar-refractivity contribution in [3.63, 3.8) is 0 Å². The van der Waals surface area contributed by atoms with Crippen LogP contribution < -0.4 is 5.32 Å². The smallest absolute Gasteiger partial charge is 0.173 e. The van der Waals surface area contributed by atoms with Crippen LogP contribution in [0.15, 0.2) is 41.0 Å². The maximum absolute atomic E-state index is 6.20. The summed E-state index contributed by atoms with van der Waals surface area (Å²) in [6, 6.07) is 9.60. The molecule has 1 unspecified atom stereocenters. The van der Waals surface area contributed by atoms with Crippen molar-refractivity contribution in [2.45, 2.75) is 32.4 Å². The van der Waals surface area contributed by atoms with E-state index in [0.717, 1.165) is 48.0 Å². The number of ether oxygens (including phenoxy) is 1. The van der Waals surface area contributed by atoms with Gasteiger partial charge in [-0.2, -0.15) is 0 Å². The average Bonchev–Trinajstić information content (AvgIpc) is 3.25. The summed E-state index contributed by atoms with van der Waals surface area (Å²) in [6.45, 7) is 4.15. The predicted octanol–water partition coefficient (Wildman–Crippen LogP) is 4.62. The zero-order valence-corrected chi connectivity index (χ0v) is 15.2. The van der Waals surface area contributed by atoms with Crippen LogP contribution in [0.1, 0.15) is 24.2 Å². The molecule has 1 saturated heterocycles. The lowest BCUT2D eigenvalue weighted by Crippen LogP contribution is -2.39. The summed E-state index contributed by atoms with van der Waals surface area (Å²) in [5, 5.41) is 4.68. The molecular weight excluding hydrogens is 344 g/mol. The van der Waals surface area contributed by atoms with Crippen molar-refractivity contribution < 1.29 is 9.15 Å². The molecule has 24 heavy (non-hydrogen) atoms. The molecule has 1 aliphatic rings. The van der Waals surface area contributed by atoms with Gasteiger partial charge in [0, 0.05) is 23.9 Å². The fraction of sp³-hybridized carbons (Fsp3) is 0.389. The highest BCUT2D eigenvalue weighted by atomic mass is 35.5. The summed E-state index contributed by atoms with van der Waals surface area (Å²) >= 11 is 11.8. The third-order valence-corrected chi connectivity index (χ3v) is 4.94. The van der Waals surface area contributed by atoms with Gasteiger partial charge in [0.05, 0.1) is 18.9 Å². The minimum atomic E-state index is 0.208. The van der Waals surface area contributed by atoms with Gasteiger partial charge >= 0.3 is 0 Å². The van der Waals surface area contributed by atoms with Gasteiger partial charge < -0.3 is 19.4 Å². The van der Waals surface area contributed by atoms with Gasteiger partial charge in [0.1, 0.15) is 5.76 Å². The van der Waals surface area contributed by atoms with Crippen molar-refractivity contribution in [1.29, 1.82) is 0 Å². The van der Waals surface area contributed by atoms with Crippen molar-refractivity contribution in [2.75, 3.05) is 18.5 Å². The molecule has 0 aliphatic carbocycles. The van der Waals surface area contributed by atoms with E-state index in [9.17, 15) is 0 Å². The first-order valence-electron chi connectivity index (χ1n) is 8.08. The summed E-state index contributed by atoms with van der Waals surface area (Å²) in [4.78, 5) is 2.09. The number of anilines is 1. The first-order chi connectivity index (χ1) is 11.6. The van der Waals surface area contributed by atoms with Crippen LogP contribution in [0.2, 0.25) is 5.02 Å². The molecule has 0 bridgehead atoms. The van der Waals surface area contributed by atoms with E-state index >= 15 is 0 Å². The second kappa shape index (κ2) is 8.01. The highest BCUT2D eigenvalue weighted by molar-refractivity contribution is 7.80. The Kier molecular flexibility index (Phi) is 5.76. The zero-order chi connectivity index (χ0) is 16.9. The van der Waals surface area contributed by atoms with E-state index in [-0.39, 0.29) is 6.10 Å². The molecule has 2 aromatic rings. The monoisotopic (exact) mass is 364 g/mol. The minimum Gasteiger partial charge on any atom is -0.467 e. The predicted molar refractivity (Wildman–Crippen MR) is 101 cm³/mol. The summed E-state index contributed by atoms with van der Waals surface area (Å²) in [7, 11) is 0. The Morgan fingerprint density at radius 1 is 1.38 bits per heavy atom. The molecule has 1 atom stereocenters. The van der Waals surface area contributed by atoms with Gasteiger partial charge in [-0.15, -0.1) is 0 Å². The Morgan fingerprint density at radius 3 is 2.96 bits per heavy atom. The normalized spacial score (nSPS) is 17.0. The molecule has 1 aromatic carbocycles. The molecule has 1 N–H and O–H groups in total. The molecule has 1 aliphatic heterocycles. The third-order valence-electron chi connectivity index (χ3n) is 4.17. The van der Waals surface area contributed by atoms with Crippen LogP contribution in [0.3, 0.4) is 0 Å². The lowest BCUT2D eigenvalue weighted by atomic mass is 10.2. The molecule has 6 heteroatoms. The van der Waals surface area contributed by atoms with Crippen LogP contribution in [-0.2, 0) is 11.3 Å². The Labute approximate surface area is 152 Å². The molecule has 0 saturated carbocycles. The highest BCUT2D eigenvalue weighted by Gasteiger charge is 2.22. The standard InChI is InChI=1S/C18H21ClN2O2S/c1-13-16(19)7-2-8-17(13)20-18(24)21(11-14-5-3-9-22-14)12-15-6-4-10-23-15/h2-3,5,7-9,15H,4,6,10-12H2,1H3,(H,20,24). The molecule has 0 radical (unpaired) electrons. The average molecular weight is 365 g/mol. The van der Waals surface area contributed by atoms with Crippen molar-refractivity contribution in [3.8, 4) is 0 Å². The molecule has 1 fully saturated rings. The minimum absolute atomic E-state index is 0.208. The summed E-state index contributed by atoms with van der Waals surface area (Å²) in [6.07, 6.45) is 4.05. The second-order valence-corrected chi connectivity index (χ2v) is 6.73. The number of furan rings is 1. The van der Waals surface area contributed by atoms with Gasteiger partial charge in [0.25, 0.3) is 0 Å². The molecular formula is C18H21ClN2O2S. The lowest BCUT2D eigenvalue weighted by molar-refractivity contribution is 0.0892. The largest absolute Gasteiger partial charge is 0.467 e. The fourth-order valence-corrected chi connectivity index (χ4v) is 3.20. The van der Waals surface area contributed by atoms with E-state index in [1.165, 1.54) is 0 Å². The number of nitrogens with zero attached hydrogens (tertiary/aromatic N) is 1. The van der Waals surface area contributed by atoms with Gasteiger partial charge in [-0.3, -0.25) is 0 Å². The third kappa shape index (κ3) is 4.29. The first-order valence-corrected chi connectivity index (χ1v) is 8.87. The van der Waals surface area contributed by atoms with Gasteiger partial charge in [-0.1, -0.05) is 17.7 Å². The SMILES string of the molecule is Cc1c(Cl)cccc1NC(=S)N(Cc1ccco1)CC1CCCO1. The van der Waals surface area contributed by atoms with E-state index in [2.05, 4.69) is 10.2 Å². The quantitative estimate of drug-likeness (QED) is 0.783. The van der Waals surface area contributed by atoms with Gasteiger partial charge in [0.15, 0.2) is 5.11 Å². The van der Waals surface area contributed by atoms with Crippen LogP contribution >= 0.6 is 23.8 Å². The molecule has 4 nitrogen and oxygen atoms in total. The molecule has 2 heterocycles. The van der Waals surface area contributed by atoms with Crippen LogP contribution in [-0.4, -0.2) is 29.3 Å². The highest BCUT2D eigenvalue weighted by Crippen LogP contribution is 2.24. The molecule has 128 valence electrons. The molecule has 3 rings (SSSR count). The molecule has 1 aromatic heterocycles. The fourth-order valence-electron chi connectivity index (χ4n) is 2.78. The molecule has 0 spiro atoms. The van der Waals surface area contributed by atoms with Crippen molar-refractivity contribution in [2.24, 2.45) is 0 Å². The van der Waals surface area contributed by atoms with Gasteiger partial charge in [-0.25, -0.2) is 0 Å². The van der Waals surface area contributed by atoms with Crippen LogP contribution in [0, 0.1) is 6.92 Å².